The fraction of sp³-hybridized carbons (Fsp3) is 0.429. The average molecular weight is 831 g/mol. The van der Waals surface area contributed by atoms with Gasteiger partial charge < -0.3 is 41.5 Å². The Morgan fingerprint density at radius 1 is 0.661 bits per heavy atom. The maximum absolute atomic E-state index is 14.5. The Morgan fingerprint density at radius 2 is 1.14 bits per heavy atom. The van der Waals surface area contributed by atoms with E-state index in [1.54, 1.807) is 42.5 Å². The SMILES string of the molecule is CC(C)C[C@@H]1NC(=O)[C@H](Cc2ccccc2)NC(=O)[C@H]([C@@H](C)O)NC(=O)[C@H](Cc2ccc(O[P+](=O)[O-])cc2)NC(=O)[C@H]2CCCN2C(=O)[C@H](Cc2ccccc2)NC1=O. The largest absolute Gasteiger partial charge is 0.558 e. The summed E-state index contributed by atoms with van der Waals surface area (Å²) in [7, 11) is -3.18. The molecule has 17 heteroatoms. The molecule has 0 aromatic heterocycles. The highest BCUT2D eigenvalue weighted by Crippen LogP contribution is 2.23. The van der Waals surface area contributed by atoms with E-state index < -0.39 is 86.1 Å². The van der Waals surface area contributed by atoms with Gasteiger partial charge in [-0.3, -0.25) is 33.3 Å². The molecule has 0 spiro atoms. The second-order valence-corrected chi connectivity index (χ2v) is 16.0. The minimum absolute atomic E-state index is 0.0145. The van der Waals surface area contributed by atoms with E-state index in [-0.39, 0.29) is 50.3 Å². The van der Waals surface area contributed by atoms with Crippen LogP contribution in [0.5, 0.6) is 5.75 Å². The van der Waals surface area contributed by atoms with Crippen LogP contribution in [0.25, 0.3) is 0 Å². The first-order valence-corrected chi connectivity index (χ1v) is 20.8. The molecule has 314 valence electrons. The van der Waals surface area contributed by atoms with Crippen LogP contribution in [-0.2, 0) is 52.6 Å². The fourth-order valence-corrected chi connectivity index (χ4v) is 7.56. The summed E-state index contributed by atoms with van der Waals surface area (Å²) in [5, 5.41) is 24.5. The molecule has 8 atom stereocenters. The number of rotatable bonds is 11. The molecule has 5 rings (SSSR count). The first-order valence-electron chi connectivity index (χ1n) is 19.7. The normalized spacial score (nSPS) is 24.4. The lowest BCUT2D eigenvalue weighted by atomic mass is 9.99. The van der Waals surface area contributed by atoms with Gasteiger partial charge >= 0.3 is 8.25 Å². The Balaban J connectivity index is 1.55. The number of carbonyl (C=O) groups excluding carboxylic acids is 6. The van der Waals surface area contributed by atoms with Crippen molar-refractivity contribution in [2.45, 2.75) is 102 Å². The van der Waals surface area contributed by atoms with Crippen LogP contribution in [-0.4, -0.2) is 94.3 Å². The van der Waals surface area contributed by atoms with Crippen LogP contribution in [0.4, 0.5) is 0 Å². The lowest BCUT2D eigenvalue weighted by molar-refractivity contribution is -0.178. The Morgan fingerprint density at radius 3 is 1.68 bits per heavy atom. The minimum Gasteiger partial charge on any atom is -0.558 e. The standard InChI is InChI=1S/C42H51N6O10P/c1-25(2)21-31-37(50)46-34(24-28-13-8-5-9-14-28)42(55)48-20-10-15-35(48)40(53)44-33(23-29-16-18-30(19-17-29)58-59(56)57)39(52)47-36(26(3)49)41(54)45-32(38(51)43-31)22-27-11-6-4-7-12-27/h4-9,11-14,16-19,25-26,31-36,49H,10,15,20-24H2,1-3H3,(H,43,51)(H,44,53)(H,45,54)(H,46,50)(H,47,52)/t26-,31+,32+,33+,34+,35-,36+/m1/s1. The molecule has 0 bridgehead atoms. The van der Waals surface area contributed by atoms with Crippen molar-refractivity contribution in [1.82, 2.24) is 31.5 Å². The summed E-state index contributed by atoms with van der Waals surface area (Å²) in [5.41, 5.74) is 1.89. The number of nitrogens with one attached hydrogen (secondary N) is 5. The number of benzene rings is 3. The van der Waals surface area contributed by atoms with E-state index in [2.05, 4.69) is 26.6 Å². The molecule has 2 heterocycles. The molecule has 2 fully saturated rings. The third-order valence-electron chi connectivity index (χ3n) is 10.2. The first-order chi connectivity index (χ1) is 28.2. The highest BCUT2D eigenvalue weighted by atomic mass is 31.1. The number of carbonyl (C=O) groups is 6. The summed E-state index contributed by atoms with van der Waals surface area (Å²) in [4.78, 5) is 97.6. The lowest BCUT2D eigenvalue weighted by Gasteiger charge is -2.32. The molecule has 2 aliphatic rings. The molecule has 6 N–H and O–H groups in total. The highest BCUT2D eigenvalue weighted by molar-refractivity contribution is 7.31. The van der Waals surface area contributed by atoms with Crippen molar-refractivity contribution in [3.8, 4) is 5.75 Å². The monoisotopic (exact) mass is 830 g/mol. The number of hydrogen-bond acceptors (Lipinski definition) is 10. The highest BCUT2D eigenvalue weighted by Gasteiger charge is 2.41. The summed E-state index contributed by atoms with van der Waals surface area (Å²) in [6.07, 6.45) is -0.668. The molecule has 2 saturated heterocycles. The van der Waals surface area contributed by atoms with E-state index in [0.717, 1.165) is 5.56 Å². The van der Waals surface area contributed by atoms with Crippen molar-refractivity contribution in [1.29, 1.82) is 0 Å². The van der Waals surface area contributed by atoms with Crippen molar-refractivity contribution < 1.29 is 47.9 Å². The topological polar surface area (TPSA) is 235 Å². The van der Waals surface area contributed by atoms with Gasteiger partial charge in [-0.1, -0.05) is 86.6 Å². The molecule has 6 amide bonds. The van der Waals surface area contributed by atoms with E-state index in [1.807, 2.05) is 32.0 Å². The second kappa shape index (κ2) is 20.8. The van der Waals surface area contributed by atoms with Crippen molar-refractivity contribution in [3.05, 3.63) is 102 Å². The summed E-state index contributed by atoms with van der Waals surface area (Å²) in [6, 6.07) is 16.1. The Kier molecular flexibility index (Phi) is 15.7. The molecular formula is C42H51N6O10P. The van der Waals surface area contributed by atoms with E-state index in [0.29, 0.717) is 17.5 Å². The Hall–Kier alpha value is -5.70. The molecule has 16 nitrogen and oxygen atoms in total. The van der Waals surface area contributed by atoms with E-state index in [1.165, 1.54) is 36.1 Å². The molecule has 59 heavy (non-hydrogen) atoms. The van der Waals surface area contributed by atoms with E-state index in [4.69, 9.17) is 4.52 Å². The van der Waals surface area contributed by atoms with Crippen molar-refractivity contribution >= 4 is 43.7 Å². The average Bonchev–Trinajstić information content (AvgIpc) is 3.69. The van der Waals surface area contributed by atoms with Gasteiger partial charge in [0.15, 0.2) is 5.75 Å². The Bertz CT molecular complexity index is 1970. The van der Waals surface area contributed by atoms with E-state index in [9.17, 15) is 43.3 Å². The van der Waals surface area contributed by atoms with Crippen LogP contribution < -0.4 is 36.0 Å². The van der Waals surface area contributed by atoms with Crippen LogP contribution in [0.3, 0.4) is 0 Å². The summed E-state index contributed by atoms with van der Waals surface area (Å²) >= 11 is 0. The number of hydrogen-bond donors (Lipinski definition) is 6. The van der Waals surface area contributed by atoms with Crippen LogP contribution in [0.15, 0.2) is 84.9 Å². The number of nitrogens with zero attached hydrogens (tertiary/aromatic N) is 1. The number of amides is 6. The molecular weight excluding hydrogens is 779 g/mol. The summed E-state index contributed by atoms with van der Waals surface area (Å²) < 4.78 is 15.8. The predicted octanol–water partition coefficient (Wildman–Crippen LogP) is 0.967. The summed E-state index contributed by atoms with van der Waals surface area (Å²) in [6.45, 7) is 5.22. The van der Waals surface area contributed by atoms with Crippen LogP contribution >= 0.6 is 8.25 Å². The van der Waals surface area contributed by atoms with Gasteiger partial charge in [-0.25, -0.2) is 0 Å². The number of aliphatic hydroxyl groups is 1. The van der Waals surface area contributed by atoms with Gasteiger partial charge in [0.05, 0.1) is 6.10 Å². The predicted molar refractivity (Wildman–Crippen MR) is 214 cm³/mol. The van der Waals surface area contributed by atoms with Crippen molar-refractivity contribution in [3.63, 3.8) is 0 Å². The van der Waals surface area contributed by atoms with Crippen LogP contribution in [0.1, 0.15) is 56.7 Å². The third-order valence-corrected chi connectivity index (χ3v) is 10.6. The molecule has 0 aliphatic carbocycles. The molecule has 0 saturated carbocycles. The Labute approximate surface area is 343 Å². The molecule has 2 aliphatic heterocycles. The third kappa shape index (κ3) is 12.6. The number of aliphatic hydroxyl groups excluding tert-OH is 1. The van der Waals surface area contributed by atoms with Crippen LogP contribution in [0.2, 0.25) is 0 Å². The van der Waals surface area contributed by atoms with Gasteiger partial charge in [0.2, 0.25) is 35.4 Å². The van der Waals surface area contributed by atoms with Gasteiger partial charge in [0, 0.05) is 25.8 Å². The maximum Gasteiger partial charge on any atom is 0.539 e. The maximum atomic E-state index is 14.5. The quantitative estimate of drug-likeness (QED) is 0.150. The zero-order valence-electron chi connectivity index (χ0n) is 33.2. The van der Waals surface area contributed by atoms with Crippen molar-refractivity contribution in [2.75, 3.05) is 6.54 Å². The number of fused-ring (bicyclic) bond motifs is 1. The lowest BCUT2D eigenvalue weighted by Crippen LogP contribution is -2.63. The first kappa shape index (κ1) is 44.4. The summed E-state index contributed by atoms with van der Waals surface area (Å²) in [5.74, 6) is -4.32. The van der Waals surface area contributed by atoms with Gasteiger partial charge in [-0.2, -0.15) is 0 Å². The molecule has 3 aromatic rings. The molecule has 1 unspecified atom stereocenters. The zero-order valence-corrected chi connectivity index (χ0v) is 34.1. The molecule has 0 radical (unpaired) electrons. The smallest absolute Gasteiger partial charge is 0.539 e. The van der Waals surface area contributed by atoms with Crippen LogP contribution in [0, 0.1) is 5.92 Å². The second-order valence-electron chi connectivity index (χ2n) is 15.3. The van der Waals surface area contributed by atoms with Gasteiger partial charge in [-0.05, 0) is 65.5 Å². The van der Waals surface area contributed by atoms with E-state index >= 15 is 0 Å². The minimum atomic E-state index is -3.18. The zero-order chi connectivity index (χ0) is 42.6. The van der Waals surface area contributed by atoms with Gasteiger partial charge in [0.25, 0.3) is 0 Å². The van der Waals surface area contributed by atoms with Crippen molar-refractivity contribution in [2.24, 2.45) is 5.92 Å². The van der Waals surface area contributed by atoms with Gasteiger partial charge in [-0.15, -0.1) is 0 Å². The fourth-order valence-electron chi connectivity index (χ4n) is 7.27. The molecule has 3 aromatic carbocycles. The van der Waals surface area contributed by atoms with Gasteiger partial charge in [0.1, 0.15) is 36.3 Å².